The number of carbonyl (C=O) groups excluding carboxylic acids is 3. The molecule has 9 heteroatoms. The van der Waals surface area contributed by atoms with Crippen molar-refractivity contribution in [3.63, 3.8) is 0 Å². The van der Waals surface area contributed by atoms with E-state index in [1.54, 1.807) is 31.4 Å². The molecule has 33 heavy (non-hydrogen) atoms. The number of esters is 1. The molecule has 2 aromatic carbocycles. The molecule has 176 valence electrons. The average Bonchev–Trinajstić information content (AvgIpc) is 2.81. The zero-order valence-corrected chi connectivity index (χ0v) is 19.4. The minimum Gasteiger partial charge on any atom is -0.465 e. The van der Waals surface area contributed by atoms with Crippen LogP contribution < -0.4 is 16.0 Å². The van der Waals surface area contributed by atoms with E-state index >= 15 is 0 Å². The summed E-state index contributed by atoms with van der Waals surface area (Å²) in [7, 11) is 1.61. The van der Waals surface area contributed by atoms with Gasteiger partial charge in [0.1, 0.15) is 0 Å². The van der Waals surface area contributed by atoms with E-state index in [-0.39, 0.29) is 36.4 Å². The average molecular weight is 472 g/mol. The van der Waals surface area contributed by atoms with Crippen LogP contribution in [0.1, 0.15) is 35.2 Å². The quantitative estimate of drug-likeness (QED) is 0.248. The minimum absolute atomic E-state index is 0.0303. The van der Waals surface area contributed by atoms with Crippen LogP contribution in [0.15, 0.2) is 54.6 Å². The predicted molar refractivity (Wildman–Crippen MR) is 130 cm³/mol. The number of thiocarbonyl (C=S) groups is 1. The molecule has 0 saturated heterocycles. The third kappa shape index (κ3) is 10.7. The van der Waals surface area contributed by atoms with Crippen molar-refractivity contribution in [2.45, 2.75) is 25.7 Å². The van der Waals surface area contributed by atoms with Crippen molar-refractivity contribution in [1.82, 2.24) is 10.6 Å². The molecule has 0 spiro atoms. The van der Waals surface area contributed by atoms with Gasteiger partial charge in [0.2, 0.25) is 5.91 Å². The molecule has 0 radical (unpaired) electrons. The number of hydrogen-bond donors (Lipinski definition) is 3. The number of amides is 2. The fourth-order valence-corrected chi connectivity index (χ4v) is 3.02. The normalized spacial score (nSPS) is 10.2. The molecular formula is C24H29N3O5S. The van der Waals surface area contributed by atoms with Crippen LogP contribution in [0.2, 0.25) is 0 Å². The number of benzene rings is 2. The Bertz CT molecular complexity index is 919. The second-order valence-electron chi connectivity index (χ2n) is 7.14. The number of methoxy groups -OCH3 is 1. The van der Waals surface area contributed by atoms with Gasteiger partial charge >= 0.3 is 5.97 Å². The molecule has 2 amide bonds. The van der Waals surface area contributed by atoms with Crippen molar-refractivity contribution in [2.24, 2.45) is 0 Å². The van der Waals surface area contributed by atoms with Crippen LogP contribution in [0, 0.1) is 0 Å². The molecule has 0 fully saturated rings. The van der Waals surface area contributed by atoms with Crippen LogP contribution in [0.4, 0.5) is 5.69 Å². The number of anilines is 1. The third-order valence-corrected chi connectivity index (χ3v) is 4.73. The van der Waals surface area contributed by atoms with Gasteiger partial charge in [0.15, 0.2) is 5.11 Å². The summed E-state index contributed by atoms with van der Waals surface area (Å²) in [5.74, 6) is -1.00. The summed E-state index contributed by atoms with van der Waals surface area (Å²) >= 11 is 5.13. The Morgan fingerprint density at radius 2 is 1.67 bits per heavy atom. The van der Waals surface area contributed by atoms with Crippen LogP contribution in [-0.4, -0.2) is 49.8 Å². The number of carbonyl (C=O) groups is 3. The lowest BCUT2D eigenvalue weighted by Crippen LogP contribution is -2.34. The van der Waals surface area contributed by atoms with E-state index in [0.29, 0.717) is 30.8 Å². The van der Waals surface area contributed by atoms with E-state index < -0.39 is 5.97 Å². The standard InChI is InChI=1S/C24H29N3O5S/c1-31-16-5-15-25-23(30)19-8-10-20(11-9-19)26-24(33)27-21(28)12-13-22(29)32-17-14-18-6-3-2-4-7-18/h2-4,6-11H,5,12-17H2,1H3,(H,25,30)(H2,26,27,28,33). The van der Waals surface area contributed by atoms with E-state index in [9.17, 15) is 14.4 Å². The topological polar surface area (TPSA) is 106 Å². The molecule has 0 aromatic heterocycles. The molecule has 8 nitrogen and oxygen atoms in total. The molecule has 0 bridgehead atoms. The molecule has 0 aliphatic carbocycles. The van der Waals surface area contributed by atoms with Crippen LogP contribution in [-0.2, 0) is 25.5 Å². The maximum atomic E-state index is 12.1. The predicted octanol–water partition coefficient (Wildman–Crippen LogP) is 2.83. The van der Waals surface area contributed by atoms with E-state index in [4.69, 9.17) is 21.7 Å². The summed E-state index contributed by atoms with van der Waals surface area (Å²) in [6.45, 7) is 1.39. The molecule has 0 aliphatic rings. The first-order chi connectivity index (χ1) is 16.0. The van der Waals surface area contributed by atoms with Crippen LogP contribution in [0.25, 0.3) is 0 Å². The van der Waals surface area contributed by atoms with Gasteiger partial charge in [-0.25, -0.2) is 0 Å². The van der Waals surface area contributed by atoms with Gasteiger partial charge in [-0.2, -0.15) is 0 Å². The highest BCUT2D eigenvalue weighted by Gasteiger charge is 2.10. The fourth-order valence-electron chi connectivity index (χ4n) is 2.79. The Labute approximate surface area is 199 Å². The van der Waals surface area contributed by atoms with Gasteiger partial charge in [0.25, 0.3) is 5.91 Å². The van der Waals surface area contributed by atoms with Crippen molar-refractivity contribution in [3.8, 4) is 0 Å². The zero-order valence-electron chi connectivity index (χ0n) is 18.6. The minimum atomic E-state index is -0.434. The Morgan fingerprint density at radius 1 is 0.939 bits per heavy atom. The van der Waals surface area contributed by atoms with Crippen LogP contribution in [0.3, 0.4) is 0 Å². The zero-order chi connectivity index (χ0) is 23.9. The van der Waals surface area contributed by atoms with E-state index in [1.807, 2.05) is 30.3 Å². The highest BCUT2D eigenvalue weighted by Crippen LogP contribution is 2.09. The summed E-state index contributed by atoms with van der Waals surface area (Å²) in [6.07, 6.45) is 1.30. The summed E-state index contributed by atoms with van der Waals surface area (Å²) in [5, 5.41) is 8.31. The van der Waals surface area contributed by atoms with E-state index in [2.05, 4.69) is 16.0 Å². The SMILES string of the molecule is COCCCNC(=O)c1ccc(NC(=S)NC(=O)CCC(=O)OCCc2ccccc2)cc1. The van der Waals surface area contributed by atoms with E-state index in [0.717, 1.165) is 12.0 Å². The van der Waals surface area contributed by atoms with Crippen molar-refractivity contribution < 1.29 is 23.9 Å². The molecule has 2 aromatic rings. The molecule has 0 atom stereocenters. The van der Waals surface area contributed by atoms with Gasteiger partial charge in [-0.3, -0.25) is 14.4 Å². The van der Waals surface area contributed by atoms with Gasteiger partial charge < -0.3 is 25.4 Å². The Balaban J connectivity index is 1.64. The molecule has 0 unspecified atom stereocenters. The van der Waals surface area contributed by atoms with Crippen molar-refractivity contribution >= 4 is 40.8 Å². The molecule has 0 heterocycles. The summed E-state index contributed by atoms with van der Waals surface area (Å²) in [5.41, 5.74) is 2.21. The first-order valence-corrected chi connectivity index (χ1v) is 11.1. The molecule has 3 N–H and O–H groups in total. The highest BCUT2D eigenvalue weighted by molar-refractivity contribution is 7.80. The first kappa shape index (κ1) is 26.0. The second kappa shape index (κ2) is 14.7. The summed E-state index contributed by atoms with van der Waals surface area (Å²) < 4.78 is 10.1. The third-order valence-electron chi connectivity index (χ3n) is 4.52. The van der Waals surface area contributed by atoms with Crippen LogP contribution in [0.5, 0.6) is 0 Å². The lowest BCUT2D eigenvalue weighted by Gasteiger charge is -2.10. The molecule has 0 saturated carbocycles. The second-order valence-corrected chi connectivity index (χ2v) is 7.55. The summed E-state index contributed by atoms with van der Waals surface area (Å²) in [4.78, 5) is 35.9. The highest BCUT2D eigenvalue weighted by atomic mass is 32.1. The Morgan fingerprint density at radius 3 is 2.36 bits per heavy atom. The van der Waals surface area contributed by atoms with Gasteiger partial charge in [-0.05, 0) is 48.5 Å². The fraction of sp³-hybridized carbons (Fsp3) is 0.333. The number of nitrogens with one attached hydrogen (secondary N) is 3. The summed E-state index contributed by atoms with van der Waals surface area (Å²) in [6, 6.07) is 16.4. The molecule has 0 aliphatic heterocycles. The van der Waals surface area contributed by atoms with Crippen LogP contribution >= 0.6 is 12.2 Å². The first-order valence-electron chi connectivity index (χ1n) is 10.7. The smallest absolute Gasteiger partial charge is 0.306 e. The number of rotatable bonds is 12. The van der Waals surface area contributed by atoms with Crippen molar-refractivity contribution in [1.29, 1.82) is 0 Å². The van der Waals surface area contributed by atoms with E-state index in [1.165, 1.54) is 0 Å². The van der Waals surface area contributed by atoms with Gasteiger partial charge in [-0.15, -0.1) is 0 Å². The monoisotopic (exact) mass is 471 g/mol. The number of ether oxygens (including phenoxy) is 2. The van der Waals surface area contributed by atoms with Gasteiger partial charge in [0, 0.05) is 44.4 Å². The molecular weight excluding hydrogens is 442 g/mol. The lowest BCUT2D eigenvalue weighted by molar-refractivity contribution is -0.144. The Kier molecular flexibility index (Phi) is 11.6. The van der Waals surface area contributed by atoms with Crippen molar-refractivity contribution in [3.05, 3.63) is 65.7 Å². The molecule has 2 rings (SSSR count). The lowest BCUT2D eigenvalue weighted by atomic mass is 10.2. The largest absolute Gasteiger partial charge is 0.465 e. The van der Waals surface area contributed by atoms with Gasteiger partial charge in [-0.1, -0.05) is 30.3 Å². The van der Waals surface area contributed by atoms with Gasteiger partial charge in [0.05, 0.1) is 13.0 Å². The maximum absolute atomic E-state index is 12.1. The Hall–Kier alpha value is -3.30. The number of hydrogen-bond acceptors (Lipinski definition) is 6. The maximum Gasteiger partial charge on any atom is 0.306 e. The van der Waals surface area contributed by atoms with Crippen molar-refractivity contribution in [2.75, 3.05) is 32.2 Å².